The topological polar surface area (TPSA) is 97.2 Å². The molecule has 3 aromatic carbocycles. The van der Waals surface area contributed by atoms with Crippen LogP contribution >= 0.6 is 55.4 Å². The number of hydrogen-bond donors (Lipinski definition) is 2. The summed E-state index contributed by atoms with van der Waals surface area (Å²) < 4.78 is 2.61. The van der Waals surface area contributed by atoms with E-state index in [1.807, 2.05) is 36.4 Å². The summed E-state index contributed by atoms with van der Waals surface area (Å²) in [6.07, 6.45) is 0. The van der Waals surface area contributed by atoms with Gasteiger partial charge in [-0.3, -0.25) is 20.2 Å². The van der Waals surface area contributed by atoms with Gasteiger partial charge in [-0.25, -0.2) is 4.98 Å². The molecule has 4 rings (SSSR count). The van der Waals surface area contributed by atoms with Crippen molar-refractivity contribution in [2.75, 3.05) is 5.32 Å². The first-order valence-electron chi connectivity index (χ1n) is 9.45. The number of rotatable bonds is 4. The number of fused-ring (bicyclic) bond motifs is 1. The minimum atomic E-state index is -0.551. The number of nitro benzene ring substituents is 1. The molecule has 0 saturated carbocycles. The zero-order valence-electron chi connectivity index (χ0n) is 16.9. The molecule has 0 radical (unpaired) electrons. The second kappa shape index (κ2) is 9.64. The molecule has 0 unspecified atom stereocenters. The summed E-state index contributed by atoms with van der Waals surface area (Å²) in [6, 6.07) is 15.9. The number of carbonyl (C=O) groups is 1. The van der Waals surface area contributed by atoms with Gasteiger partial charge < -0.3 is 5.32 Å². The summed E-state index contributed by atoms with van der Waals surface area (Å²) in [5, 5.41) is 17.7. The van der Waals surface area contributed by atoms with E-state index in [1.54, 1.807) is 6.92 Å². The average Bonchev–Trinajstić information content (AvgIpc) is 3.19. The van der Waals surface area contributed by atoms with Gasteiger partial charge >= 0.3 is 0 Å². The lowest BCUT2D eigenvalue weighted by molar-refractivity contribution is -0.385. The van der Waals surface area contributed by atoms with Crippen LogP contribution in [0.3, 0.4) is 0 Å². The number of benzene rings is 3. The van der Waals surface area contributed by atoms with Crippen molar-refractivity contribution in [1.29, 1.82) is 0 Å². The van der Waals surface area contributed by atoms with E-state index in [1.165, 1.54) is 29.5 Å². The summed E-state index contributed by atoms with van der Waals surface area (Å²) in [6.45, 7) is 1.61. The Morgan fingerprint density at radius 3 is 2.64 bits per heavy atom. The molecule has 166 valence electrons. The second-order valence-corrected chi connectivity index (χ2v) is 10.2. The van der Waals surface area contributed by atoms with Crippen LogP contribution in [-0.4, -0.2) is 20.9 Å². The van der Waals surface area contributed by atoms with E-state index in [9.17, 15) is 14.9 Å². The number of nitro groups is 1. The lowest BCUT2D eigenvalue weighted by atomic mass is 10.1. The maximum Gasteiger partial charge on any atom is 0.273 e. The molecule has 1 aromatic heterocycles. The monoisotopic (exact) mass is 604 g/mol. The number of halogens is 2. The van der Waals surface area contributed by atoms with Gasteiger partial charge in [-0.2, -0.15) is 0 Å². The molecule has 1 amide bonds. The van der Waals surface area contributed by atoms with Crippen molar-refractivity contribution in [2.45, 2.75) is 6.92 Å². The molecule has 2 N–H and O–H groups in total. The Bertz CT molecular complexity index is 1410. The third-order valence-corrected chi connectivity index (χ3v) is 7.07. The Hall–Kier alpha value is -2.73. The number of para-hydroxylation sites is 1. The number of thiazole rings is 1. The first-order valence-corrected chi connectivity index (χ1v) is 12.3. The molecule has 4 aromatic rings. The largest absolute Gasteiger partial charge is 0.331 e. The van der Waals surface area contributed by atoms with Gasteiger partial charge in [-0.1, -0.05) is 34.1 Å². The fourth-order valence-electron chi connectivity index (χ4n) is 3.12. The van der Waals surface area contributed by atoms with Crippen molar-refractivity contribution < 1.29 is 9.72 Å². The van der Waals surface area contributed by atoms with E-state index >= 15 is 0 Å². The summed E-state index contributed by atoms with van der Waals surface area (Å²) in [4.78, 5) is 28.0. The first-order chi connectivity index (χ1) is 15.7. The zero-order chi connectivity index (χ0) is 23.7. The van der Waals surface area contributed by atoms with Gasteiger partial charge in [-0.15, -0.1) is 11.3 Å². The molecule has 0 atom stereocenters. The third kappa shape index (κ3) is 5.11. The molecule has 33 heavy (non-hydrogen) atoms. The van der Waals surface area contributed by atoms with Crippen LogP contribution < -0.4 is 10.6 Å². The quantitative estimate of drug-likeness (QED) is 0.150. The van der Waals surface area contributed by atoms with Crippen molar-refractivity contribution in [2.24, 2.45) is 0 Å². The van der Waals surface area contributed by atoms with Crippen LogP contribution in [0.1, 0.15) is 15.9 Å². The Morgan fingerprint density at radius 1 is 1.15 bits per heavy atom. The van der Waals surface area contributed by atoms with E-state index < -0.39 is 10.8 Å². The molecular formula is C22H14Br2N4O3S2. The van der Waals surface area contributed by atoms with Gasteiger partial charge in [0, 0.05) is 31.7 Å². The number of nitrogens with zero attached hydrogens (tertiary/aromatic N) is 2. The Kier molecular flexibility index (Phi) is 6.84. The van der Waals surface area contributed by atoms with Crippen molar-refractivity contribution in [3.63, 3.8) is 0 Å². The highest BCUT2D eigenvalue weighted by Crippen LogP contribution is 2.40. The third-order valence-electron chi connectivity index (χ3n) is 4.71. The van der Waals surface area contributed by atoms with Crippen LogP contribution in [-0.2, 0) is 0 Å². The number of nitrogens with one attached hydrogen (secondary N) is 2. The van der Waals surface area contributed by atoms with E-state index in [2.05, 4.69) is 42.5 Å². The molecule has 0 saturated heterocycles. The highest BCUT2D eigenvalue weighted by Gasteiger charge is 2.19. The number of aromatic nitrogens is 1. The molecule has 0 aliphatic rings. The molecule has 0 fully saturated rings. The fraction of sp³-hybridized carbons (Fsp3) is 0.0455. The minimum absolute atomic E-state index is 0.0496. The molecule has 0 spiro atoms. The highest BCUT2D eigenvalue weighted by molar-refractivity contribution is 9.11. The molecule has 0 bridgehead atoms. The fourth-order valence-corrected chi connectivity index (χ4v) is 5.63. The van der Waals surface area contributed by atoms with Crippen LogP contribution in [0.4, 0.5) is 11.4 Å². The standard InChI is InChI=1S/C22H14Br2N4O3S2/c1-11-6-7-12(8-17(11)28(30)31)20(29)27-22(32)26-19-14(9-13(23)10-15(19)24)21-25-16-4-2-3-5-18(16)33-21/h2-10H,1H3,(H2,26,27,29,32). The van der Waals surface area contributed by atoms with Crippen LogP contribution in [0.15, 0.2) is 63.5 Å². The predicted octanol–water partition coefficient (Wildman–Crippen LogP) is 6.83. The number of anilines is 1. The van der Waals surface area contributed by atoms with Gasteiger partial charge in [0.05, 0.1) is 20.8 Å². The smallest absolute Gasteiger partial charge is 0.273 e. The summed E-state index contributed by atoms with van der Waals surface area (Å²) in [5.41, 5.74) is 2.79. The highest BCUT2D eigenvalue weighted by atomic mass is 79.9. The van der Waals surface area contributed by atoms with E-state index in [0.717, 1.165) is 25.3 Å². The lowest BCUT2D eigenvalue weighted by Crippen LogP contribution is -2.34. The summed E-state index contributed by atoms with van der Waals surface area (Å²) in [5.74, 6) is -0.551. The number of thiocarbonyl (C=S) groups is 1. The number of amides is 1. The number of carbonyl (C=O) groups excluding carboxylic acids is 1. The normalized spacial score (nSPS) is 10.8. The van der Waals surface area contributed by atoms with E-state index in [0.29, 0.717) is 15.7 Å². The zero-order valence-corrected chi connectivity index (χ0v) is 21.7. The van der Waals surface area contributed by atoms with Crippen LogP contribution in [0.5, 0.6) is 0 Å². The Labute approximate surface area is 214 Å². The molecule has 11 heteroatoms. The van der Waals surface area contributed by atoms with Gasteiger partial charge in [0.25, 0.3) is 11.6 Å². The number of aryl methyl sites for hydroxylation is 1. The first kappa shape index (κ1) is 23.4. The molecule has 0 aliphatic carbocycles. The summed E-state index contributed by atoms with van der Waals surface area (Å²) in [7, 11) is 0. The minimum Gasteiger partial charge on any atom is -0.331 e. The van der Waals surface area contributed by atoms with Crippen LogP contribution in [0, 0.1) is 17.0 Å². The van der Waals surface area contributed by atoms with Gasteiger partial charge in [-0.05, 0) is 65.4 Å². The average molecular weight is 606 g/mol. The van der Waals surface area contributed by atoms with Gasteiger partial charge in [0.15, 0.2) is 5.11 Å². The SMILES string of the molecule is Cc1ccc(C(=O)NC(=S)Nc2c(Br)cc(Br)cc2-c2nc3ccccc3s2)cc1[N+](=O)[O-]. The Balaban J connectivity index is 1.61. The Morgan fingerprint density at radius 2 is 1.91 bits per heavy atom. The van der Waals surface area contributed by atoms with Gasteiger partial charge in [0.2, 0.25) is 0 Å². The maximum absolute atomic E-state index is 12.7. The van der Waals surface area contributed by atoms with Crippen molar-refractivity contribution in [1.82, 2.24) is 10.3 Å². The van der Waals surface area contributed by atoms with Crippen LogP contribution in [0.25, 0.3) is 20.8 Å². The molecule has 1 heterocycles. The molecule has 7 nitrogen and oxygen atoms in total. The summed E-state index contributed by atoms with van der Waals surface area (Å²) >= 11 is 14.0. The van der Waals surface area contributed by atoms with Gasteiger partial charge in [0.1, 0.15) is 5.01 Å². The predicted molar refractivity (Wildman–Crippen MR) is 142 cm³/mol. The maximum atomic E-state index is 12.7. The number of hydrogen-bond acceptors (Lipinski definition) is 6. The van der Waals surface area contributed by atoms with Crippen molar-refractivity contribution in [3.8, 4) is 10.6 Å². The second-order valence-electron chi connectivity index (χ2n) is 6.96. The molecular weight excluding hydrogens is 592 g/mol. The molecule has 0 aliphatic heterocycles. The van der Waals surface area contributed by atoms with Crippen LogP contribution in [0.2, 0.25) is 0 Å². The van der Waals surface area contributed by atoms with Crippen molar-refractivity contribution in [3.05, 3.63) is 84.8 Å². The van der Waals surface area contributed by atoms with E-state index in [-0.39, 0.29) is 16.4 Å². The van der Waals surface area contributed by atoms with Crippen molar-refractivity contribution >= 4 is 88.0 Å². The van der Waals surface area contributed by atoms with E-state index in [4.69, 9.17) is 17.2 Å². The lowest BCUT2D eigenvalue weighted by Gasteiger charge is -2.15.